The van der Waals surface area contributed by atoms with Crippen LogP contribution in [0.5, 0.6) is 0 Å². The maximum absolute atomic E-state index is 13.3. The van der Waals surface area contributed by atoms with Gasteiger partial charge < -0.3 is 15.3 Å². The van der Waals surface area contributed by atoms with Crippen LogP contribution in [0.4, 0.5) is 0 Å². The predicted octanol–water partition coefficient (Wildman–Crippen LogP) is -0.808. The van der Waals surface area contributed by atoms with Crippen molar-refractivity contribution in [1.82, 2.24) is 0 Å². The molecule has 4 aliphatic carbocycles. The van der Waals surface area contributed by atoms with Gasteiger partial charge in [-0.15, -0.1) is 0 Å². The fourth-order valence-electron chi connectivity index (χ4n) is 6.90. The molecule has 2 N–H and O–H groups in total. The first-order chi connectivity index (χ1) is 12.2. The first kappa shape index (κ1) is 21.1. The molecular formula is C21H27NaO5. The van der Waals surface area contributed by atoms with Crippen LogP contribution in [0.1, 0.15) is 58.8 Å². The van der Waals surface area contributed by atoms with Crippen molar-refractivity contribution in [3.8, 4) is 0 Å². The van der Waals surface area contributed by atoms with Gasteiger partial charge in [0.1, 0.15) is 5.78 Å². The summed E-state index contributed by atoms with van der Waals surface area (Å²) in [5.74, 6) is -0.360. The standard InChI is InChI=1S/C21H28O5.Na/c1-19-7-5-13(23)9-12(19)3-4-14-15-6-8-21(26,17(25)11-22)20(15,2)10-16(24)18(14)19;/h9,11,14-15,18,22,25-26H,3-8,10H2,1-2H3;/q;+1/p-1/b17-11+;/t14-,15-,18+,19-,20-,21-;/m0./s1. The molecule has 0 spiro atoms. The maximum atomic E-state index is 13.3. The molecule has 0 saturated heterocycles. The Morgan fingerprint density at radius 3 is 2.59 bits per heavy atom. The van der Waals surface area contributed by atoms with Gasteiger partial charge in [-0.2, -0.15) is 0 Å². The van der Waals surface area contributed by atoms with Crippen LogP contribution in [0.15, 0.2) is 23.7 Å². The quantitative estimate of drug-likeness (QED) is 0.457. The molecule has 0 amide bonds. The first-order valence-corrected chi connectivity index (χ1v) is 9.68. The van der Waals surface area contributed by atoms with E-state index in [1.54, 1.807) is 6.08 Å². The molecule has 142 valence electrons. The third-order valence-electron chi connectivity index (χ3n) is 8.33. The van der Waals surface area contributed by atoms with E-state index in [0.717, 1.165) is 18.4 Å². The van der Waals surface area contributed by atoms with Gasteiger partial charge in [0, 0.05) is 24.2 Å². The number of aliphatic hydroxyl groups excluding tert-OH is 1. The molecule has 0 aromatic heterocycles. The van der Waals surface area contributed by atoms with Crippen LogP contribution in [0, 0.1) is 28.6 Å². The van der Waals surface area contributed by atoms with Crippen LogP contribution >= 0.6 is 0 Å². The summed E-state index contributed by atoms with van der Waals surface area (Å²) >= 11 is 0. The molecule has 3 fully saturated rings. The summed E-state index contributed by atoms with van der Waals surface area (Å²) in [4.78, 5) is 25.2. The number of fused-ring (bicyclic) bond motifs is 5. The van der Waals surface area contributed by atoms with Gasteiger partial charge in [0.2, 0.25) is 0 Å². The van der Waals surface area contributed by atoms with E-state index in [0.29, 0.717) is 31.9 Å². The number of allylic oxidation sites excluding steroid dienone is 1. The number of rotatable bonds is 1. The van der Waals surface area contributed by atoms with E-state index in [1.165, 1.54) is 0 Å². The minimum Gasteiger partial charge on any atom is -0.871 e. The summed E-state index contributed by atoms with van der Waals surface area (Å²) in [6.07, 6.45) is 6.18. The van der Waals surface area contributed by atoms with Gasteiger partial charge in [0.25, 0.3) is 0 Å². The zero-order chi connectivity index (χ0) is 18.9. The Bertz CT molecular complexity index is 743. The third kappa shape index (κ3) is 2.65. The summed E-state index contributed by atoms with van der Waals surface area (Å²) in [7, 11) is 0. The number of hydrogen-bond donors (Lipinski definition) is 2. The van der Waals surface area contributed by atoms with Crippen LogP contribution in [-0.4, -0.2) is 27.4 Å². The summed E-state index contributed by atoms with van der Waals surface area (Å²) in [5, 5.41) is 32.6. The van der Waals surface area contributed by atoms with Crippen molar-refractivity contribution in [3.63, 3.8) is 0 Å². The monoisotopic (exact) mass is 382 g/mol. The molecule has 27 heavy (non-hydrogen) atoms. The summed E-state index contributed by atoms with van der Waals surface area (Å²) in [6.45, 7) is 3.97. The molecule has 4 rings (SSSR count). The van der Waals surface area contributed by atoms with E-state index in [2.05, 4.69) is 6.92 Å². The van der Waals surface area contributed by atoms with Crippen LogP contribution in [0.2, 0.25) is 0 Å². The van der Waals surface area contributed by atoms with Gasteiger partial charge in [-0.3, -0.25) is 9.59 Å². The van der Waals surface area contributed by atoms with Crippen LogP contribution in [0.3, 0.4) is 0 Å². The van der Waals surface area contributed by atoms with Gasteiger partial charge in [-0.1, -0.05) is 25.2 Å². The zero-order valence-electron chi connectivity index (χ0n) is 16.5. The maximum Gasteiger partial charge on any atom is 1.00 e. The average molecular weight is 382 g/mol. The Labute approximate surface area is 182 Å². The molecule has 0 bridgehead atoms. The van der Waals surface area contributed by atoms with Gasteiger partial charge in [-0.25, -0.2) is 0 Å². The van der Waals surface area contributed by atoms with Crippen molar-refractivity contribution in [3.05, 3.63) is 23.7 Å². The molecule has 0 aromatic carbocycles. The van der Waals surface area contributed by atoms with E-state index in [9.17, 15) is 24.9 Å². The largest absolute Gasteiger partial charge is 1.00 e. The predicted molar refractivity (Wildman–Crippen MR) is 92.8 cm³/mol. The molecule has 6 atom stereocenters. The minimum atomic E-state index is -1.66. The van der Waals surface area contributed by atoms with Crippen molar-refractivity contribution in [2.45, 2.75) is 64.4 Å². The molecule has 0 aromatic rings. The molecule has 0 radical (unpaired) electrons. The normalized spacial score (nSPS) is 46.7. The van der Waals surface area contributed by atoms with E-state index in [1.807, 2.05) is 6.92 Å². The average Bonchev–Trinajstić information content (AvgIpc) is 2.86. The Morgan fingerprint density at radius 1 is 1.22 bits per heavy atom. The van der Waals surface area contributed by atoms with Gasteiger partial charge in [0.05, 0.1) is 11.9 Å². The molecule has 0 aliphatic heterocycles. The topological polar surface area (TPSA) is 97.7 Å². The number of carbonyl (C=O) groups is 2. The molecule has 3 saturated carbocycles. The fourth-order valence-corrected chi connectivity index (χ4v) is 6.90. The Kier molecular flexibility index (Phi) is 5.25. The van der Waals surface area contributed by atoms with E-state index in [-0.39, 0.29) is 70.7 Å². The van der Waals surface area contributed by atoms with Crippen molar-refractivity contribution >= 4 is 11.6 Å². The number of aliphatic hydroxyl groups is 2. The van der Waals surface area contributed by atoms with E-state index in [4.69, 9.17) is 0 Å². The summed E-state index contributed by atoms with van der Waals surface area (Å²) in [6, 6.07) is 0. The number of hydrogen-bond acceptors (Lipinski definition) is 5. The van der Waals surface area contributed by atoms with Crippen molar-refractivity contribution in [2.75, 3.05) is 0 Å². The summed E-state index contributed by atoms with van der Waals surface area (Å²) in [5.41, 5.74) is -1.65. The molecule has 6 heteroatoms. The van der Waals surface area contributed by atoms with Crippen molar-refractivity contribution < 1.29 is 54.5 Å². The number of carbonyl (C=O) groups excluding carboxylic acids is 2. The molecule has 5 nitrogen and oxygen atoms in total. The molecule has 4 aliphatic rings. The van der Waals surface area contributed by atoms with Crippen LogP contribution in [-0.2, 0) is 9.59 Å². The second-order valence-electron chi connectivity index (χ2n) is 9.29. The molecule has 0 heterocycles. The van der Waals surface area contributed by atoms with Crippen LogP contribution in [0.25, 0.3) is 0 Å². The fraction of sp³-hybridized carbons (Fsp3) is 0.714. The van der Waals surface area contributed by atoms with Gasteiger partial charge >= 0.3 is 29.6 Å². The zero-order valence-corrected chi connectivity index (χ0v) is 18.5. The Hall–Kier alpha value is -0.620. The molecule has 0 unspecified atom stereocenters. The van der Waals surface area contributed by atoms with Crippen LogP contribution < -0.4 is 34.7 Å². The number of ketones is 2. The summed E-state index contributed by atoms with van der Waals surface area (Å²) < 4.78 is 0. The second-order valence-corrected chi connectivity index (χ2v) is 9.29. The molecular weight excluding hydrogens is 355 g/mol. The third-order valence-corrected chi connectivity index (χ3v) is 8.33. The Balaban J connectivity index is 0.00000210. The van der Waals surface area contributed by atoms with Gasteiger partial charge in [-0.05, 0) is 55.4 Å². The second kappa shape index (κ2) is 6.72. The van der Waals surface area contributed by atoms with E-state index >= 15 is 0 Å². The smallest absolute Gasteiger partial charge is 0.871 e. The van der Waals surface area contributed by atoms with Crippen molar-refractivity contribution in [1.29, 1.82) is 0 Å². The SMILES string of the molecule is C[C@]12CCC(=O)C=C1CC[C@@H]1[C@@H]2C(=O)C[C@@]2(C)[C@H]1CC[C@]2(O)/C([O-])=C\O.[Na+]. The van der Waals surface area contributed by atoms with Crippen molar-refractivity contribution in [2.24, 2.45) is 28.6 Å². The number of Topliss-reactive ketones (excluding diaryl/α,β-unsaturated/α-hetero) is 1. The Morgan fingerprint density at radius 2 is 1.93 bits per heavy atom. The minimum absolute atomic E-state index is 0. The van der Waals surface area contributed by atoms with E-state index < -0.39 is 16.8 Å². The van der Waals surface area contributed by atoms with Gasteiger partial charge in [0.15, 0.2) is 5.78 Å². The first-order valence-electron chi connectivity index (χ1n) is 9.68.